The largest absolute Gasteiger partial charge is 0.389 e. The average molecular weight is 491 g/mol. The van der Waals surface area contributed by atoms with Gasteiger partial charge in [-0.3, -0.25) is 4.90 Å². The number of fused-ring (bicyclic) bond motifs is 2. The van der Waals surface area contributed by atoms with Gasteiger partial charge in [0.1, 0.15) is 4.60 Å². The van der Waals surface area contributed by atoms with Gasteiger partial charge in [-0.15, -0.1) is 0 Å². The van der Waals surface area contributed by atoms with E-state index in [0.29, 0.717) is 25.0 Å². The van der Waals surface area contributed by atoms with E-state index in [9.17, 15) is 9.90 Å². The molecule has 1 aromatic heterocycles. The minimum absolute atomic E-state index is 0.109. The number of hydrogen-bond acceptors (Lipinski definition) is 3. The first-order valence-electron chi connectivity index (χ1n) is 11.8. The Labute approximate surface area is 193 Å². The average Bonchev–Trinajstić information content (AvgIpc) is 3.02. The van der Waals surface area contributed by atoms with E-state index in [1.54, 1.807) is 4.90 Å². The lowest BCUT2D eigenvalue weighted by molar-refractivity contribution is 0.124. The van der Waals surface area contributed by atoms with Gasteiger partial charge < -0.3 is 10.0 Å². The molecule has 6 nitrogen and oxygen atoms in total. The summed E-state index contributed by atoms with van der Waals surface area (Å²) in [6, 6.07) is 4.61. The smallest absolute Gasteiger partial charge is 0.336 e. The van der Waals surface area contributed by atoms with Crippen LogP contribution in [0.4, 0.5) is 4.79 Å². The summed E-state index contributed by atoms with van der Waals surface area (Å²) in [5.74, 6) is 0.468. The zero-order valence-electron chi connectivity index (χ0n) is 19.1. The number of hydrogen-bond donors (Lipinski definition) is 2. The van der Waals surface area contributed by atoms with Gasteiger partial charge in [0.15, 0.2) is 0 Å². The molecule has 1 saturated heterocycles. The highest BCUT2D eigenvalue weighted by molar-refractivity contribution is 9.10. The van der Waals surface area contributed by atoms with Crippen LogP contribution in [-0.4, -0.2) is 57.8 Å². The van der Waals surface area contributed by atoms with Crippen molar-refractivity contribution in [1.82, 2.24) is 14.5 Å². The monoisotopic (exact) mass is 490 g/mol. The molecule has 2 amide bonds. The number of carbonyl (C=O) groups is 1. The van der Waals surface area contributed by atoms with E-state index in [-0.39, 0.29) is 6.03 Å². The van der Waals surface area contributed by atoms with Crippen LogP contribution in [0.1, 0.15) is 75.7 Å². The fourth-order valence-electron chi connectivity index (χ4n) is 5.56. The summed E-state index contributed by atoms with van der Waals surface area (Å²) in [5, 5.41) is 11.7. The Kier molecular flexibility index (Phi) is 6.65. The Hall–Kier alpha value is -1.57. The SMILES string of the molecule is CCCN1CCC[C@@H]2c3cc(C(C)O)cc4c3c(c(Br)n4NC(=O)N(CC)CC)C[C@H]21. The van der Waals surface area contributed by atoms with Gasteiger partial charge in [-0.25, -0.2) is 14.9 Å². The molecule has 2 aromatic rings. The number of carbonyl (C=O) groups excluding carboxylic acids is 1. The van der Waals surface area contributed by atoms with Gasteiger partial charge in [0.2, 0.25) is 0 Å². The summed E-state index contributed by atoms with van der Waals surface area (Å²) in [4.78, 5) is 17.3. The minimum atomic E-state index is -0.555. The Morgan fingerprint density at radius 1 is 1.32 bits per heavy atom. The van der Waals surface area contributed by atoms with E-state index in [2.05, 4.69) is 39.2 Å². The highest BCUT2D eigenvalue weighted by atomic mass is 79.9. The summed E-state index contributed by atoms with van der Waals surface area (Å²) in [7, 11) is 0. The summed E-state index contributed by atoms with van der Waals surface area (Å²) < 4.78 is 2.81. The molecule has 1 aliphatic heterocycles. The number of urea groups is 1. The first-order chi connectivity index (χ1) is 14.9. The van der Waals surface area contributed by atoms with E-state index in [0.717, 1.165) is 41.6 Å². The van der Waals surface area contributed by atoms with E-state index in [4.69, 9.17) is 0 Å². The van der Waals surface area contributed by atoms with Crippen LogP contribution in [0, 0.1) is 0 Å². The lowest BCUT2D eigenvalue weighted by Crippen LogP contribution is -2.47. The number of halogens is 1. The van der Waals surface area contributed by atoms with Crippen LogP contribution >= 0.6 is 15.9 Å². The minimum Gasteiger partial charge on any atom is -0.389 e. The third kappa shape index (κ3) is 3.89. The Balaban J connectivity index is 1.87. The number of aromatic nitrogens is 1. The number of nitrogens with one attached hydrogen (secondary N) is 1. The van der Waals surface area contributed by atoms with Crippen molar-refractivity contribution in [3.05, 3.63) is 33.4 Å². The van der Waals surface area contributed by atoms with Gasteiger partial charge in [-0.1, -0.05) is 13.0 Å². The molecule has 7 heteroatoms. The standard InChI is InChI=1S/C24H35BrN4O2/c1-5-10-28-11-8-9-17-18-12-16(15(4)30)13-21-22(18)19(14-20(17)28)23(25)29(21)26-24(31)27(6-2)7-3/h12-13,15,17,20,30H,5-11,14H2,1-4H3,(H,26,31)/t15?,17-,20-/m1/s1. The molecular formula is C24H35BrN4O2. The lowest BCUT2D eigenvalue weighted by Gasteiger charge is -2.44. The summed E-state index contributed by atoms with van der Waals surface area (Å²) in [6.45, 7) is 11.6. The number of nitrogens with zero attached hydrogens (tertiary/aromatic N) is 3. The lowest BCUT2D eigenvalue weighted by atomic mass is 9.74. The van der Waals surface area contributed by atoms with Crippen LogP contribution in [0.3, 0.4) is 0 Å². The normalized spacial score (nSPS) is 21.7. The molecule has 2 aliphatic rings. The molecule has 4 rings (SSSR count). The molecule has 1 unspecified atom stereocenters. The Morgan fingerprint density at radius 3 is 2.71 bits per heavy atom. The summed E-state index contributed by atoms with van der Waals surface area (Å²) in [6.07, 6.45) is 3.97. The van der Waals surface area contributed by atoms with Crippen LogP contribution in [0.5, 0.6) is 0 Å². The van der Waals surface area contributed by atoms with Crippen LogP contribution in [0.25, 0.3) is 10.9 Å². The van der Waals surface area contributed by atoms with Crippen molar-refractivity contribution < 1.29 is 9.90 Å². The predicted molar refractivity (Wildman–Crippen MR) is 129 cm³/mol. The maximum Gasteiger partial charge on any atom is 0.336 e. The van der Waals surface area contributed by atoms with E-state index in [1.165, 1.54) is 29.4 Å². The molecule has 2 N–H and O–H groups in total. The number of piperidine rings is 1. The molecule has 0 bridgehead atoms. The van der Waals surface area contributed by atoms with Crippen molar-refractivity contribution in [2.75, 3.05) is 31.6 Å². The number of amides is 2. The zero-order chi connectivity index (χ0) is 22.3. The third-order valence-electron chi connectivity index (χ3n) is 7.12. The van der Waals surface area contributed by atoms with Crippen LogP contribution < -0.4 is 5.43 Å². The topological polar surface area (TPSA) is 60.7 Å². The Bertz CT molecular complexity index is 964. The summed E-state index contributed by atoms with van der Waals surface area (Å²) >= 11 is 3.83. The van der Waals surface area contributed by atoms with Crippen molar-refractivity contribution in [1.29, 1.82) is 0 Å². The van der Waals surface area contributed by atoms with E-state index < -0.39 is 6.10 Å². The molecule has 1 fully saturated rings. The van der Waals surface area contributed by atoms with Crippen molar-refractivity contribution in [3.8, 4) is 0 Å². The van der Waals surface area contributed by atoms with Gasteiger partial charge in [-0.05, 0) is 98.2 Å². The van der Waals surface area contributed by atoms with Crippen molar-refractivity contribution in [2.24, 2.45) is 0 Å². The van der Waals surface area contributed by atoms with Gasteiger partial charge in [0.25, 0.3) is 0 Å². The van der Waals surface area contributed by atoms with E-state index >= 15 is 0 Å². The molecule has 3 atom stereocenters. The highest BCUT2D eigenvalue weighted by Gasteiger charge is 2.39. The van der Waals surface area contributed by atoms with Crippen LogP contribution in [0.15, 0.2) is 16.7 Å². The molecule has 0 saturated carbocycles. The molecule has 0 spiro atoms. The number of aliphatic hydroxyl groups is 1. The first-order valence-corrected chi connectivity index (χ1v) is 12.5. The second-order valence-electron chi connectivity index (χ2n) is 8.93. The van der Waals surface area contributed by atoms with Crippen LogP contribution in [0.2, 0.25) is 0 Å². The quantitative estimate of drug-likeness (QED) is 0.600. The number of benzene rings is 1. The third-order valence-corrected chi connectivity index (χ3v) is 7.95. The van der Waals surface area contributed by atoms with Crippen molar-refractivity contribution >= 4 is 32.9 Å². The second-order valence-corrected chi connectivity index (χ2v) is 9.68. The van der Waals surface area contributed by atoms with Crippen LogP contribution in [-0.2, 0) is 6.42 Å². The highest BCUT2D eigenvalue weighted by Crippen LogP contribution is 2.47. The number of aliphatic hydroxyl groups excluding tert-OH is 1. The van der Waals surface area contributed by atoms with Crippen molar-refractivity contribution in [2.45, 2.75) is 71.4 Å². The molecule has 1 aliphatic carbocycles. The van der Waals surface area contributed by atoms with Gasteiger partial charge in [0, 0.05) is 30.4 Å². The zero-order valence-corrected chi connectivity index (χ0v) is 20.7. The fourth-order valence-corrected chi connectivity index (χ4v) is 6.20. The van der Waals surface area contributed by atoms with Crippen molar-refractivity contribution in [3.63, 3.8) is 0 Å². The molecule has 170 valence electrons. The first kappa shape index (κ1) is 22.6. The van der Waals surface area contributed by atoms with E-state index in [1.807, 2.05) is 31.5 Å². The second kappa shape index (κ2) is 9.12. The fraction of sp³-hybridized carbons (Fsp3) is 0.625. The maximum absolute atomic E-state index is 12.9. The molecule has 0 radical (unpaired) electrons. The number of rotatable bonds is 6. The molecule has 31 heavy (non-hydrogen) atoms. The molecular weight excluding hydrogens is 456 g/mol. The molecule has 2 heterocycles. The maximum atomic E-state index is 12.9. The Morgan fingerprint density at radius 2 is 2.06 bits per heavy atom. The summed E-state index contributed by atoms with van der Waals surface area (Å²) in [5.41, 5.74) is 7.59. The van der Waals surface area contributed by atoms with Gasteiger partial charge in [-0.2, -0.15) is 0 Å². The van der Waals surface area contributed by atoms with Gasteiger partial charge >= 0.3 is 6.03 Å². The van der Waals surface area contributed by atoms with Gasteiger partial charge in [0.05, 0.1) is 11.6 Å². The predicted octanol–water partition coefficient (Wildman–Crippen LogP) is 4.98. The number of likely N-dealkylation sites (tertiary alicyclic amines) is 1. The molecule has 1 aromatic carbocycles.